The van der Waals surface area contributed by atoms with Gasteiger partial charge in [0.1, 0.15) is 11.9 Å². The summed E-state index contributed by atoms with van der Waals surface area (Å²) >= 11 is 0. The highest BCUT2D eigenvalue weighted by molar-refractivity contribution is 5.90. The van der Waals surface area contributed by atoms with Crippen LogP contribution in [0.5, 0.6) is 0 Å². The first-order chi connectivity index (χ1) is 13.2. The number of hydrogen-bond acceptors (Lipinski definition) is 3. The van der Waals surface area contributed by atoms with Crippen LogP contribution in [0.4, 0.5) is 0 Å². The number of carboxylic acid groups (broad SMARTS) is 1. The van der Waals surface area contributed by atoms with E-state index in [2.05, 4.69) is 16.0 Å². The average molecular weight is 354 g/mol. The van der Waals surface area contributed by atoms with Crippen LogP contribution in [0.1, 0.15) is 21.9 Å². The molecule has 4 rings (SSSR count). The lowest BCUT2D eigenvalue weighted by Gasteiger charge is -2.08. The van der Waals surface area contributed by atoms with Crippen molar-refractivity contribution in [3.63, 3.8) is 0 Å². The number of aromatic carboxylic acids is 1. The van der Waals surface area contributed by atoms with E-state index in [4.69, 9.17) is 0 Å². The Morgan fingerprint density at radius 3 is 2.78 bits per heavy atom. The van der Waals surface area contributed by atoms with Crippen molar-refractivity contribution in [2.75, 3.05) is 0 Å². The molecule has 0 aliphatic heterocycles. The van der Waals surface area contributed by atoms with Crippen LogP contribution in [0.25, 0.3) is 28.4 Å². The Balaban J connectivity index is 1.78. The lowest BCUT2D eigenvalue weighted by molar-refractivity contribution is 0.0697. The predicted octanol–water partition coefficient (Wildman–Crippen LogP) is 4.12. The summed E-state index contributed by atoms with van der Waals surface area (Å²) < 4.78 is 1.83. The molecule has 0 saturated carbocycles. The van der Waals surface area contributed by atoms with Gasteiger partial charge in [-0.3, -0.25) is 0 Å². The Kier molecular flexibility index (Phi) is 4.03. The topological polar surface area (TPSA) is 94.7 Å². The SMILES string of the molecule is N#C/C(=C\c1cccn1-c1cccc(C(=O)O)c1)c1nc2ccccc2[nH]1. The number of benzene rings is 2. The van der Waals surface area contributed by atoms with Crippen molar-refractivity contribution in [2.45, 2.75) is 0 Å². The molecule has 0 atom stereocenters. The third-order valence-corrected chi connectivity index (χ3v) is 4.21. The fraction of sp³-hybridized carbons (Fsp3) is 0. The second-order valence-corrected chi connectivity index (χ2v) is 5.93. The van der Waals surface area contributed by atoms with Gasteiger partial charge in [-0.2, -0.15) is 5.26 Å². The molecule has 130 valence electrons. The number of nitrogens with zero attached hydrogens (tertiary/aromatic N) is 3. The molecule has 0 saturated heterocycles. The summed E-state index contributed by atoms with van der Waals surface area (Å²) in [5.41, 5.74) is 3.69. The first-order valence-corrected chi connectivity index (χ1v) is 8.24. The van der Waals surface area contributed by atoms with Crippen LogP contribution < -0.4 is 0 Å². The quantitative estimate of drug-likeness (QED) is 0.539. The van der Waals surface area contributed by atoms with Crippen LogP contribution in [0, 0.1) is 11.3 Å². The largest absolute Gasteiger partial charge is 0.478 e. The Morgan fingerprint density at radius 2 is 2.00 bits per heavy atom. The van der Waals surface area contributed by atoms with Gasteiger partial charge in [0.25, 0.3) is 0 Å². The van der Waals surface area contributed by atoms with Gasteiger partial charge in [-0.15, -0.1) is 0 Å². The maximum Gasteiger partial charge on any atom is 0.335 e. The van der Waals surface area contributed by atoms with E-state index < -0.39 is 5.97 Å². The molecule has 2 heterocycles. The minimum absolute atomic E-state index is 0.203. The maximum absolute atomic E-state index is 11.2. The lowest BCUT2D eigenvalue weighted by Crippen LogP contribution is -2.00. The van der Waals surface area contributed by atoms with Crippen molar-refractivity contribution in [3.05, 3.63) is 83.9 Å². The molecule has 0 bridgehead atoms. The molecule has 0 fully saturated rings. The number of nitrogens with one attached hydrogen (secondary N) is 1. The molecule has 2 N–H and O–H groups in total. The minimum atomic E-state index is -0.985. The fourth-order valence-corrected chi connectivity index (χ4v) is 2.92. The number of carbonyl (C=O) groups is 1. The zero-order valence-corrected chi connectivity index (χ0v) is 14.1. The van der Waals surface area contributed by atoms with E-state index in [1.54, 1.807) is 24.3 Å². The van der Waals surface area contributed by atoms with Crippen molar-refractivity contribution < 1.29 is 9.90 Å². The summed E-state index contributed by atoms with van der Waals surface area (Å²) in [6.45, 7) is 0. The van der Waals surface area contributed by atoms with E-state index in [0.29, 0.717) is 17.1 Å². The van der Waals surface area contributed by atoms with Crippen molar-refractivity contribution in [3.8, 4) is 11.8 Å². The van der Waals surface area contributed by atoms with Crippen LogP contribution in [-0.2, 0) is 0 Å². The summed E-state index contributed by atoms with van der Waals surface area (Å²) in [6.07, 6.45) is 3.55. The highest BCUT2D eigenvalue weighted by Gasteiger charge is 2.10. The molecule has 0 aliphatic rings. The molecule has 4 aromatic rings. The number of fused-ring (bicyclic) bond motifs is 1. The van der Waals surface area contributed by atoms with Gasteiger partial charge in [-0.05, 0) is 48.5 Å². The zero-order valence-electron chi connectivity index (χ0n) is 14.1. The summed E-state index contributed by atoms with van der Waals surface area (Å²) in [4.78, 5) is 18.8. The second-order valence-electron chi connectivity index (χ2n) is 5.93. The number of imidazole rings is 1. The van der Waals surface area contributed by atoms with Crippen LogP contribution in [0.15, 0.2) is 66.9 Å². The van der Waals surface area contributed by atoms with E-state index >= 15 is 0 Å². The van der Waals surface area contributed by atoms with E-state index in [9.17, 15) is 15.2 Å². The fourth-order valence-electron chi connectivity index (χ4n) is 2.92. The zero-order chi connectivity index (χ0) is 18.8. The van der Waals surface area contributed by atoms with E-state index in [-0.39, 0.29) is 5.56 Å². The van der Waals surface area contributed by atoms with Crippen LogP contribution >= 0.6 is 0 Å². The number of aromatic nitrogens is 3. The number of carboxylic acids is 1. The molecule has 0 radical (unpaired) electrons. The second kappa shape index (κ2) is 6.65. The molecule has 0 unspecified atom stereocenters. The number of allylic oxidation sites excluding steroid dienone is 1. The Morgan fingerprint density at radius 1 is 1.15 bits per heavy atom. The van der Waals surface area contributed by atoms with E-state index in [0.717, 1.165) is 16.7 Å². The summed E-state index contributed by atoms with van der Waals surface area (Å²) in [6, 6.07) is 20.1. The molecular weight excluding hydrogens is 340 g/mol. The first-order valence-electron chi connectivity index (χ1n) is 8.24. The summed E-state index contributed by atoms with van der Waals surface area (Å²) in [5.74, 6) is -0.494. The Hall–Kier alpha value is -4.11. The van der Waals surface area contributed by atoms with Crippen molar-refractivity contribution in [2.24, 2.45) is 0 Å². The van der Waals surface area contributed by atoms with Gasteiger partial charge in [0.05, 0.1) is 22.2 Å². The molecule has 6 nitrogen and oxygen atoms in total. The number of rotatable bonds is 4. The van der Waals surface area contributed by atoms with Gasteiger partial charge in [0.2, 0.25) is 0 Å². The molecule has 0 aliphatic carbocycles. The maximum atomic E-state index is 11.2. The predicted molar refractivity (Wildman–Crippen MR) is 102 cm³/mol. The number of aromatic amines is 1. The summed E-state index contributed by atoms with van der Waals surface area (Å²) in [7, 11) is 0. The summed E-state index contributed by atoms with van der Waals surface area (Å²) in [5, 5.41) is 18.8. The average Bonchev–Trinajstić information content (AvgIpc) is 3.32. The molecule has 0 amide bonds. The first kappa shape index (κ1) is 16.4. The van der Waals surface area contributed by atoms with Gasteiger partial charge in [0.15, 0.2) is 0 Å². The molecule has 6 heteroatoms. The van der Waals surface area contributed by atoms with Gasteiger partial charge in [-0.25, -0.2) is 9.78 Å². The van der Waals surface area contributed by atoms with E-state index in [1.807, 2.05) is 53.2 Å². The van der Waals surface area contributed by atoms with Gasteiger partial charge in [-0.1, -0.05) is 18.2 Å². The molecule has 0 spiro atoms. The Bertz CT molecular complexity index is 1190. The highest BCUT2D eigenvalue weighted by Crippen LogP contribution is 2.21. The van der Waals surface area contributed by atoms with Crippen molar-refractivity contribution >= 4 is 28.7 Å². The third-order valence-electron chi connectivity index (χ3n) is 4.21. The molecular formula is C21H14N4O2. The molecule has 27 heavy (non-hydrogen) atoms. The monoisotopic (exact) mass is 354 g/mol. The van der Waals surface area contributed by atoms with Gasteiger partial charge in [0, 0.05) is 17.6 Å². The third kappa shape index (κ3) is 3.10. The lowest BCUT2D eigenvalue weighted by atomic mass is 10.2. The van der Waals surface area contributed by atoms with Crippen LogP contribution in [-0.4, -0.2) is 25.6 Å². The number of H-pyrrole nitrogens is 1. The highest BCUT2D eigenvalue weighted by atomic mass is 16.4. The van der Waals surface area contributed by atoms with Crippen molar-refractivity contribution in [1.29, 1.82) is 5.26 Å². The number of nitriles is 1. The number of hydrogen-bond donors (Lipinski definition) is 2. The van der Waals surface area contributed by atoms with Crippen molar-refractivity contribution in [1.82, 2.24) is 14.5 Å². The minimum Gasteiger partial charge on any atom is -0.478 e. The number of para-hydroxylation sites is 2. The molecule has 2 aromatic carbocycles. The normalized spacial score (nSPS) is 11.4. The standard InChI is InChI=1S/C21H14N4O2/c22-13-15(20-23-18-8-1-2-9-19(18)24-20)12-17-7-4-10-25(17)16-6-3-5-14(11-16)21(26)27/h1-12H,(H,23,24)(H,26,27)/b15-12+. The smallest absolute Gasteiger partial charge is 0.335 e. The van der Waals surface area contributed by atoms with Crippen LogP contribution in [0.3, 0.4) is 0 Å². The van der Waals surface area contributed by atoms with Gasteiger partial charge < -0.3 is 14.7 Å². The Labute approximate surface area is 154 Å². The van der Waals surface area contributed by atoms with Gasteiger partial charge >= 0.3 is 5.97 Å². The molecule has 2 aromatic heterocycles. The van der Waals surface area contributed by atoms with Crippen LogP contribution in [0.2, 0.25) is 0 Å². The van der Waals surface area contributed by atoms with E-state index in [1.165, 1.54) is 0 Å².